The van der Waals surface area contributed by atoms with Crippen LogP contribution in [0.15, 0.2) is 12.4 Å². The molecule has 0 aromatic carbocycles. The van der Waals surface area contributed by atoms with E-state index in [0.717, 1.165) is 50.6 Å². The lowest BCUT2D eigenvalue weighted by Crippen LogP contribution is -2.35. The lowest BCUT2D eigenvalue weighted by molar-refractivity contribution is 0.385. The van der Waals surface area contributed by atoms with Gasteiger partial charge < -0.3 is 10.6 Å². The van der Waals surface area contributed by atoms with Crippen LogP contribution in [0.2, 0.25) is 0 Å². The van der Waals surface area contributed by atoms with Gasteiger partial charge in [0, 0.05) is 25.5 Å². The minimum Gasteiger partial charge on any atom is -0.354 e. The average Bonchev–Trinajstić information content (AvgIpc) is 2.40. The van der Waals surface area contributed by atoms with Crippen LogP contribution in [0.25, 0.3) is 0 Å². The molecule has 1 aromatic heterocycles. The van der Waals surface area contributed by atoms with Gasteiger partial charge in [0.15, 0.2) is 11.5 Å². The Morgan fingerprint density at radius 3 is 2.71 bits per heavy atom. The zero-order valence-corrected chi connectivity index (χ0v) is 9.84. The summed E-state index contributed by atoms with van der Waals surface area (Å²) in [5.41, 5.74) is 5.99. The Morgan fingerprint density at radius 1 is 1.35 bits per heavy atom. The Bertz CT molecular complexity index is 404. The summed E-state index contributed by atoms with van der Waals surface area (Å²) in [5.74, 6) is 1.44. The number of hydrogen-bond donors (Lipinski definition) is 1. The van der Waals surface area contributed by atoms with Gasteiger partial charge in [0.2, 0.25) is 0 Å². The number of nitrogens with zero attached hydrogens (tertiary/aromatic N) is 4. The fraction of sp³-hybridized carbons (Fsp3) is 0.583. The molecule has 1 saturated heterocycles. The zero-order chi connectivity index (χ0) is 12.1. The second-order valence-corrected chi connectivity index (χ2v) is 4.35. The van der Waals surface area contributed by atoms with Gasteiger partial charge in [0.1, 0.15) is 6.07 Å². The van der Waals surface area contributed by atoms with E-state index in [2.05, 4.69) is 20.9 Å². The minimum atomic E-state index is 0.421. The van der Waals surface area contributed by atoms with E-state index in [0.29, 0.717) is 5.69 Å². The maximum Gasteiger partial charge on any atom is 0.183 e. The summed E-state index contributed by atoms with van der Waals surface area (Å²) in [6.07, 6.45) is 6.54. The van der Waals surface area contributed by atoms with Crippen LogP contribution in [-0.2, 0) is 0 Å². The maximum absolute atomic E-state index is 8.99. The van der Waals surface area contributed by atoms with Crippen molar-refractivity contribution in [3.8, 4) is 6.07 Å². The summed E-state index contributed by atoms with van der Waals surface area (Å²) in [4.78, 5) is 10.5. The van der Waals surface area contributed by atoms with E-state index >= 15 is 0 Å². The molecule has 90 valence electrons. The van der Waals surface area contributed by atoms with Crippen molar-refractivity contribution >= 4 is 5.82 Å². The first-order valence-electron chi connectivity index (χ1n) is 6.01. The molecule has 2 N–H and O–H groups in total. The molecule has 0 spiro atoms. The Kier molecular flexibility index (Phi) is 3.89. The van der Waals surface area contributed by atoms with Gasteiger partial charge in [-0.3, -0.25) is 0 Å². The van der Waals surface area contributed by atoms with Crippen LogP contribution in [0.3, 0.4) is 0 Å². The Balaban J connectivity index is 2.03. The molecule has 1 fully saturated rings. The van der Waals surface area contributed by atoms with Crippen molar-refractivity contribution < 1.29 is 0 Å². The monoisotopic (exact) mass is 231 g/mol. The summed E-state index contributed by atoms with van der Waals surface area (Å²) < 4.78 is 0. The van der Waals surface area contributed by atoms with Gasteiger partial charge in [-0.05, 0) is 31.7 Å². The van der Waals surface area contributed by atoms with E-state index in [1.807, 2.05) is 0 Å². The molecular formula is C12H17N5. The van der Waals surface area contributed by atoms with E-state index in [1.54, 1.807) is 12.4 Å². The number of hydrogen-bond acceptors (Lipinski definition) is 5. The lowest BCUT2D eigenvalue weighted by Gasteiger charge is -2.32. The molecule has 0 atom stereocenters. The van der Waals surface area contributed by atoms with Gasteiger partial charge in [-0.2, -0.15) is 5.26 Å². The van der Waals surface area contributed by atoms with Crippen molar-refractivity contribution in [3.63, 3.8) is 0 Å². The van der Waals surface area contributed by atoms with Gasteiger partial charge in [0.05, 0.1) is 0 Å². The minimum absolute atomic E-state index is 0.421. The van der Waals surface area contributed by atoms with E-state index in [9.17, 15) is 0 Å². The van der Waals surface area contributed by atoms with Crippen molar-refractivity contribution in [1.29, 1.82) is 5.26 Å². The first-order chi connectivity index (χ1) is 8.35. The number of piperidine rings is 1. The van der Waals surface area contributed by atoms with Crippen molar-refractivity contribution in [2.45, 2.75) is 19.3 Å². The van der Waals surface area contributed by atoms with Crippen molar-refractivity contribution in [2.24, 2.45) is 11.7 Å². The number of nitriles is 1. The largest absolute Gasteiger partial charge is 0.354 e. The van der Waals surface area contributed by atoms with Crippen molar-refractivity contribution in [1.82, 2.24) is 9.97 Å². The molecule has 5 nitrogen and oxygen atoms in total. The van der Waals surface area contributed by atoms with Crippen molar-refractivity contribution in [3.05, 3.63) is 18.1 Å². The SMILES string of the molecule is N#Cc1nccnc1N1CCC(CCN)CC1. The highest BCUT2D eigenvalue weighted by molar-refractivity contribution is 5.49. The number of aromatic nitrogens is 2. The van der Waals surface area contributed by atoms with Gasteiger partial charge in [-0.15, -0.1) is 0 Å². The fourth-order valence-corrected chi connectivity index (χ4v) is 2.31. The lowest BCUT2D eigenvalue weighted by atomic mass is 9.93. The maximum atomic E-state index is 8.99. The Labute approximate surface area is 101 Å². The fourth-order valence-electron chi connectivity index (χ4n) is 2.31. The van der Waals surface area contributed by atoms with Crippen LogP contribution in [0.1, 0.15) is 25.0 Å². The van der Waals surface area contributed by atoms with Crippen LogP contribution in [0.5, 0.6) is 0 Å². The normalized spacial score (nSPS) is 16.8. The first kappa shape index (κ1) is 11.8. The third kappa shape index (κ3) is 2.71. The molecule has 2 rings (SSSR count). The summed E-state index contributed by atoms with van der Waals surface area (Å²) in [7, 11) is 0. The molecule has 5 heteroatoms. The summed E-state index contributed by atoms with van der Waals surface area (Å²) in [6.45, 7) is 2.65. The Morgan fingerprint density at radius 2 is 2.06 bits per heavy atom. The summed E-state index contributed by atoms with van der Waals surface area (Å²) in [5, 5.41) is 8.99. The van der Waals surface area contributed by atoms with Crippen LogP contribution < -0.4 is 10.6 Å². The molecular weight excluding hydrogens is 214 g/mol. The molecule has 1 aliphatic heterocycles. The molecule has 2 heterocycles. The predicted octanol–water partition coefficient (Wildman–Crippen LogP) is 0.913. The van der Waals surface area contributed by atoms with E-state index < -0.39 is 0 Å². The van der Waals surface area contributed by atoms with Crippen LogP contribution in [0, 0.1) is 17.2 Å². The summed E-state index contributed by atoms with van der Waals surface area (Å²) >= 11 is 0. The molecule has 0 radical (unpaired) electrons. The quantitative estimate of drug-likeness (QED) is 0.836. The second-order valence-electron chi connectivity index (χ2n) is 4.35. The smallest absolute Gasteiger partial charge is 0.183 e. The van der Waals surface area contributed by atoms with E-state index in [4.69, 9.17) is 11.0 Å². The highest BCUT2D eigenvalue weighted by Crippen LogP contribution is 2.24. The van der Waals surface area contributed by atoms with E-state index in [1.165, 1.54) is 0 Å². The molecule has 1 aromatic rings. The molecule has 0 aliphatic carbocycles. The Hall–Kier alpha value is -1.67. The summed E-state index contributed by atoms with van der Waals surface area (Å²) in [6, 6.07) is 2.09. The predicted molar refractivity (Wildman–Crippen MR) is 65.4 cm³/mol. The highest BCUT2D eigenvalue weighted by Gasteiger charge is 2.21. The van der Waals surface area contributed by atoms with Crippen LogP contribution in [0.4, 0.5) is 5.82 Å². The van der Waals surface area contributed by atoms with Gasteiger partial charge >= 0.3 is 0 Å². The third-order valence-electron chi connectivity index (χ3n) is 3.27. The second kappa shape index (κ2) is 5.60. The zero-order valence-electron chi connectivity index (χ0n) is 9.84. The molecule has 0 unspecified atom stereocenters. The average molecular weight is 231 g/mol. The van der Waals surface area contributed by atoms with Crippen LogP contribution in [-0.4, -0.2) is 29.6 Å². The molecule has 0 saturated carbocycles. The molecule has 17 heavy (non-hydrogen) atoms. The highest BCUT2D eigenvalue weighted by atomic mass is 15.2. The number of nitrogens with two attached hydrogens (primary N) is 1. The number of anilines is 1. The van der Waals surface area contributed by atoms with Crippen LogP contribution >= 0.6 is 0 Å². The van der Waals surface area contributed by atoms with E-state index in [-0.39, 0.29) is 0 Å². The number of rotatable bonds is 3. The molecule has 0 amide bonds. The van der Waals surface area contributed by atoms with Gasteiger partial charge in [-0.25, -0.2) is 9.97 Å². The third-order valence-corrected chi connectivity index (χ3v) is 3.27. The standard InChI is InChI=1S/C12H17N5/c13-4-1-10-2-7-17(8-3-10)12-11(9-14)15-5-6-16-12/h5-6,10H,1-4,7-8,13H2. The van der Waals surface area contributed by atoms with Gasteiger partial charge in [-0.1, -0.05) is 0 Å². The topological polar surface area (TPSA) is 78.8 Å². The molecule has 1 aliphatic rings. The van der Waals surface area contributed by atoms with Gasteiger partial charge in [0.25, 0.3) is 0 Å². The molecule has 0 bridgehead atoms. The van der Waals surface area contributed by atoms with Crippen molar-refractivity contribution in [2.75, 3.05) is 24.5 Å². The first-order valence-corrected chi connectivity index (χ1v) is 6.01.